The molecule has 0 bridgehead atoms. The summed E-state index contributed by atoms with van der Waals surface area (Å²) in [5.74, 6) is 1.96. The van der Waals surface area contributed by atoms with Gasteiger partial charge < -0.3 is 20.4 Å². The van der Waals surface area contributed by atoms with E-state index in [0.717, 1.165) is 51.0 Å². The highest BCUT2D eigenvalue weighted by Gasteiger charge is 2.38. The van der Waals surface area contributed by atoms with Gasteiger partial charge in [0.25, 0.3) is 0 Å². The predicted octanol–water partition coefficient (Wildman–Crippen LogP) is 3.01. The Morgan fingerprint density at radius 3 is 2.52 bits per heavy atom. The number of aliphatic imine (C=N–C) groups is 1. The third-order valence-electron chi connectivity index (χ3n) is 6.69. The number of aromatic nitrogens is 1. The lowest BCUT2D eigenvalue weighted by molar-refractivity contribution is 0.244. The first-order chi connectivity index (χ1) is 15.2. The predicted molar refractivity (Wildman–Crippen MR) is 129 cm³/mol. The maximum absolute atomic E-state index is 4.88. The second-order valence-electron chi connectivity index (χ2n) is 8.86. The van der Waals surface area contributed by atoms with Crippen LogP contribution in [0.4, 0.5) is 5.82 Å². The summed E-state index contributed by atoms with van der Waals surface area (Å²) in [6.07, 6.45) is 5.69. The zero-order chi connectivity index (χ0) is 21.5. The molecule has 31 heavy (non-hydrogen) atoms. The number of nitrogens with zero attached hydrogens (tertiary/aromatic N) is 4. The molecule has 2 aliphatic rings. The van der Waals surface area contributed by atoms with Crippen LogP contribution in [0.15, 0.2) is 53.7 Å². The molecule has 4 rings (SSSR count). The Balaban J connectivity index is 1.39. The van der Waals surface area contributed by atoms with Crippen molar-refractivity contribution in [2.45, 2.75) is 38.1 Å². The van der Waals surface area contributed by atoms with Crippen molar-refractivity contribution in [1.82, 2.24) is 20.5 Å². The third kappa shape index (κ3) is 5.37. The van der Waals surface area contributed by atoms with Gasteiger partial charge in [-0.3, -0.25) is 0 Å². The number of piperazine rings is 1. The molecular formula is C25H36N6. The number of hydrogen-bond acceptors (Lipinski definition) is 4. The fraction of sp³-hybridized carbons (Fsp3) is 0.520. The molecule has 2 heterocycles. The van der Waals surface area contributed by atoms with E-state index in [4.69, 9.17) is 4.99 Å². The van der Waals surface area contributed by atoms with Gasteiger partial charge in [0.15, 0.2) is 5.96 Å². The maximum atomic E-state index is 4.88. The van der Waals surface area contributed by atoms with E-state index < -0.39 is 0 Å². The quantitative estimate of drug-likeness (QED) is 0.533. The number of rotatable bonds is 7. The van der Waals surface area contributed by atoms with Gasteiger partial charge in [-0.25, -0.2) is 9.98 Å². The summed E-state index contributed by atoms with van der Waals surface area (Å²) in [6.45, 7) is 8.77. The van der Waals surface area contributed by atoms with Crippen molar-refractivity contribution in [2.24, 2.45) is 4.99 Å². The average molecular weight is 421 g/mol. The van der Waals surface area contributed by atoms with Crippen LogP contribution in [0.1, 0.15) is 37.3 Å². The van der Waals surface area contributed by atoms with E-state index in [2.05, 4.69) is 81.9 Å². The summed E-state index contributed by atoms with van der Waals surface area (Å²) < 4.78 is 0. The third-order valence-corrected chi connectivity index (χ3v) is 6.69. The molecule has 0 amide bonds. The summed E-state index contributed by atoms with van der Waals surface area (Å²) in [5, 5.41) is 7.04. The van der Waals surface area contributed by atoms with Gasteiger partial charge in [0.2, 0.25) is 0 Å². The maximum Gasteiger partial charge on any atom is 0.191 e. The number of hydrogen-bond donors (Lipinski definition) is 2. The van der Waals surface area contributed by atoms with Crippen molar-refractivity contribution < 1.29 is 0 Å². The zero-order valence-electron chi connectivity index (χ0n) is 19.0. The highest BCUT2D eigenvalue weighted by Crippen LogP contribution is 2.43. The Bertz CT molecular complexity index is 853. The van der Waals surface area contributed by atoms with Gasteiger partial charge in [-0.2, -0.15) is 0 Å². The van der Waals surface area contributed by atoms with E-state index in [-0.39, 0.29) is 5.41 Å². The van der Waals surface area contributed by atoms with Gasteiger partial charge in [0, 0.05) is 50.9 Å². The molecule has 6 nitrogen and oxygen atoms in total. The first-order valence-corrected chi connectivity index (χ1v) is 11.6. The van der Waals surface area contributed by atoms with Crippen LogP contribution in [0, 0.1) is 0 Å². The Morgan fingerprint density at radius 1 is 1.06 bits per heavy atom. The molecule has 1 aliphatic carbocycles. The summed E-state index contributed by atoms with van der Waals surface area (Å²) in [4.78, 5) is 14.2. The summed E-state index contributed by atoms with van der Waals surface area (Å²) in [5.41, 5.74) is 2.88. The summed E-state index contributed by atoms with van der Waals surface area (Å²) in [7, 11) is 2.18. The average Bonchev–Trinajstić information content (AvgIpc) is 2.78. The lowest BCUT2D eigenvalue weighted by Gasteiger charge is -2.43. The fourth-order valence-corrected chi connectivity index (χ4v) is 4.50. The van der Waals surface area contributed by atoms with Crippen molar-refractivity contribution in [3.05, 3.63) is 59.8 Å². The molecule has 1 saturated carbocycles. The van der Waals surface area contributed by atoms with Gasteiger partial charge in [-0.05, 0) is 50.1 Å². The lowest BCUT2D eigenvalue weighted by Crippen LogP contribution is -2.48. The second-order valence-corrected chi connectivity index (χ2v) is 8.86. The summed E-state index contributed by atoms with van der Waals surface area (Å²) >= 11 is 0. The van der Waals surface area contributed by atoms with Crippen LogP contribution in [0.2, 0.25) is 0 Å². The minimum atomic E-state index is 0.239. The van der Waals surface area contributed by atoms with E-state index in [0.29, 0.717) is 6.54 Å². The van der Waals surface area contributed by atoms with E-state index in [1.54, 1.807) is 0 Å². The van der Waals surface area contributed by atoms with Gasteiger partial charge in [-0.1, -0.05) is 36.8 Å². The largest absolute Gasteiger partial charge is 0.357 e. The van der Waals surface area contributed by atoms with E-state index in [9.17, 15) is 0 Å². The van der Waals surface area contributed by atoms with Crippen molar-refractivity contribution in [3.63, 3.8) is 0 Å². The molecule has 1 aliphatic heterocycles. The molecule has 2 aromatic rings. The van der Waals surface area contributed by atoms with Gasteiger partial charge in [0.05, 0.1) is 6.54 Å². The highest BCUT2D eigenvalue weighted by atomic mass is 15.3. The molecule has 2 N–H and O–H groups in total. The van der Waals surface area contributed by atoms with Crippen molar-refractivity contribution >= 4 is 11.8 Å². The number of nitrogens with one attached hydrogen (secondary N) is 2. The Kier molecular flexibility index (Phi) is 7.07. The van der Waals surface area contributed by atoms with E-state index in [1.807, 2.05) is 6.20 Å². The SMILES string of the molecule is CCNC(=NCc1ccnc(N2CCN(C)CC2)c1)NCC1(c2ccccc2)CCC1. The van der Waals surface area contributed by atoms with E-state index >= 15 is 0 Å². The number of anilines is 1. The normalized spacial score (nSPS) is 19.0. The zero-order valence-corrected chi connectivity index (χ0v) is 19.0. The molecule has 2 fully saturated rings. The van der Waals surface area contributed by atoms with Crippen molar-refractivity contribution in [1.29, 1.82) is 0 Å². The lowest BCUT2D eigenvalue weighted by atomic mass is 9.64. The van der Waals surface area contributed by atoms with Crippen LogP contribution in [0.3, 0.4) is 0 Å². The highest BCUT2D eigenvalue weighted by molar-refractivity contribution is 5.80. The molecule has 0 radical (unpaired) electrons. The molecule has 0 atom stereocenters. The number of guanidine groups is 1. The summed E-state index contributed by atoms with van der Waals surface area (Å²) in [6, 6.07) is 15.2. The first-order valence-electron chi connectivity index (χ1n) is 11.6. The smallest absolute Gasteiger partial charge is 0.191 e. The fourth-order valence-electron chi connectivity index (χ4n) is 4.50. The second kappa shape index (κ2) is 10.1. The van der Waals surface area contributed by atoms with Crippen molar-refractivity contribution in [3.8, 4) is 0 Å². The molecule has 1 aromatic carbocycles. The Labute approximate surface area is 186 Å². The van der Waals surface area contributed by atoms with Gasteiger partial charge >= 0.3 is 0 Å². The topological polar surface area (TPSA) is 55.8 Å². The minimum Gasteiger partial charge on any atom is -0.357 e. The Morgan fingerprint density at radius 2 is 1.84 bits per heavy atom. The van der Waals surface area contributed by atoms with E-state index in [1.165, 1.54) is 30.4 Å². The van der Waals surface area contributed by atoms with Crippen molar-refractivity contribution in [2.75, 3.05) is 51.2 Å². The van der Waals surface area contributed by atoms with Crippen LogP contribution in [-0.2, 0) is 12.0 Å². The molecule has 0 spiro atoms. The standard InChI is InChI=1S/C25H36N6/c1-3-26-24(29-20-25(11-7-12-25)22-8-5-4-6-9-22)28-19-21-10-13-27-23(18-21)31-16-14-30(2)15-17-31/h4-6,8-10,13,18H,3,7,11-12,14-17,19-20H2,1-2H3,(H2,26,28,29). The molecule has 166 valence electrons. The van der Waals surface area contributed by atoms with Crippen LogP contribution < -0.4 is 15.5 Å². The Hall–Kier alpha value is -2.60. The van der Waals surface area contributed by atoms with Crippen LogP contribution in [-0.4, -0.2) is 62.2 Å². The number of benzene rings is 1. The molecule has 0 unspecified atom stereocenters. The van der Waals surface area contributed by atoms with Gasteiger partial charge in [-0.15, -0.1) is 0 Å². The number of pyridine rings is 1. The first kappa shape index (κ1) is 21.6. The van der Waals surface area contributed by atoms with Crippen LogP contribution in [0.5, 0.6) is 0 Å². The van der Waals surface area contributed by atoms with Gasteiger partial charge in [0.1, 0.15) is 5.82 Å². The number of likely N-dealkylation sites (N-methyl/N-ethyl adjacent to an activating group) is 1. The molecule has 1 saturated heterocycles. The van der Waals surface area contributed by atoms with Crippen LogP contribution in [0.25, 0.3) is 0 Å². The van der Waals surface area contributed by atoms with Crippen LogP contribution >= 0.6 is 0 Å². The molecule has 1 aromatic heterocycles. The molecular weight excluding hydrogens is 384 g/mol. The minimum absolute atomic E-state index is 0.239. The monoisotopic (exact) mass is 420 g/mol. The molecule has 6 heteroatoms.